The number of phenols is 1. The Kier molecular flexibility index (Phi) is 3.93. The van der Waals surface area contributed by atoms with Gasteiger partial charge >= 0.3 is 0 Å². The van der Waals surface area contributed by atoms with Gasteiger partial charge in [0, 0.05) is 13.1 Å². The molecule has 1 aliphatic heterocycles. The van der Waals surface area contributed by atoms with Gasteiger partial charge in [0.2, 0.25) is 0 Å². The highest BCUT2D eigenvalue weighted by Gasteiger charge is 2.37. The number of rotatable bonds is 3. The highest BCUT2D eigenvalue weighted by molar-refractivity contribution is 5.33. The monoisotopic (exact) mass is 249 g/mol. The average molecular weight is 249 g/mol. The van der Waals surface area contributed by atoms with E-state index in [-0.39, 0.29) is 12.0 Å². The highest BCUT2D eigenvalue weighted by Crippen LogP contribution is 2.40. The molecule has 3 nitrogen and oxygen atoms in total. The lowest BCUT2D eigenvalue weighted by atomic mass is 9.68. The number of aliphatic hydroxyl groups is 1. The first-order valence-corrected chi connectivity index (χ1v) is 6.69. The summed E-state index contributed by atoms with van der Waals surface area (Å²) in [4.78, 5) is 2.31. The lowest BCUT2D eigenvalue weighted by Crippen LogP contribution is -2.48. The van der Waals surface area contributed by atoms with Crippen LogP contribution in [-0.4, -0.2) is 41.4 Å². The van der Waals surface area contributed by atoms with E-state index in [1.165, 1.54) is 5.56 Å². The minimum Gasteiger partial charge on any atom is -0.508 e. The number of aliphatic hydroxyl groups excluding tert-OH is 1. The molecule has 1 heterocycles. The second kappa shape index (κ2) is 5.29. The first kappa shape index (κ1) is 13.4. The maximum Gasteiger partial charge on any atom is 0.115 e. The molecular formula is C15H23NO2. The number of benzene rings is 1. The summed E-state index contributed by atoms with van der Waals surface area (Å²) in [5.74, 6) is 0.860. The van der Waals surface area contributed by atoms with E-state index >= 15 is 0 Å². The van der Waals surface area contributed by atoms with Crippen LogP contribution in [-0.2, 0) is 5.41 Å². The average Bonchev–Trinajstić information content (AvgIpc) is 2.34. The van der Waals surface area contributed by atoms with Crippen LogP contribution in [0.2, 0.25) is 0 Å². The summed E-state index contributed by atoms with van der Waals surface area (Å²) in [6.07, 6.45) is 1.07. The maximum absolute atomic E-state index is 9.64. The van der Waals surface area contributed by atoms with E-state index in [0.29, 0.717) is 11.7 Å². The second-order valence-electron chi connectivity index (χ2n) is 5.64. The smallest absolute Gasteiger partial charge is 0.115 e. The van der Waals surface area contributed by atoms with Gasteiger partial charge in [-0.25, -0.2) is 0 Å². The Hall–Kier alpha value is -1.06. The van der Waals surface area contributed by atoms with Crippen LogP contribution in [0.1, 0.15) is 25.8 Å². The molecule has 1 saturated heterocycles. The molecule has 0 aromatic heterocycles. The zero-order valence-corrected chi connectivity index (χ0v) is 11.3. The number of hydrogen-bond donors (Lipinski definition) is 2. The lowest BCUT2D eigenvalue weighted by molar-refractivity contribution is 0.0931. The summed E-state index contributed by atoms with van der Waals surface area (Å²) in [6, 6.07) is 7.64. The number of β-amino-alcohol motifs (C(OH)–C–C–N with tert-alkyl or cyclic N) is 1. The van der Waals surface area contributed by atoms with Gasteiger partial charge in [0.1, 0.15) is 5.75 Å². The van der Waals surface area contributed by atoms with Crippen molar-refractivity contribution in [1.82, 2.24) is 4.90 Å². The van der Waals surface area contributed by atoms with Crippen LogP contribution in [0.25, 0.3) is 0 Å². The van der Waals surface area contributed by atoms with Gasteiger partial charge in [-0.2, -0.15) is 0 Å². The Balaban J connectivity index is 2.17. The third-order valence-electron chi connectivity index (χ3n) is 4.49. The summed E-state index contributed by atoms with van der Waals surface area (Å²) in [6.45, 7) is 7.55. The Morgan fingerprint density at radius 3 is 2.83 bits per heavy atom. The molecule has 1 aromatic rings. The summed E-state index contributed by atoms with van der Waals surface area (Å²) in [5.41, 5.74) is 1.34. The van der Waals surface area contributed by atoms with Crippen molar-refractivity contribution in [2.24, 2.45) is 5.92 Å². The Morgan fingerprint density at radius 1 is 1.44 bits per heavy atom. The summed E-state index contributed by atoms with van der Waals surface area (Å²) in [7, 11) is 0. The number of aromatic hydroxyl groups is 1. The van der Waals surface area contributed by atoms with Gasteiger partial charge in [-0.1, -0.05) is 26.0 Å². The van der Waals surface area contributed by atoms with Crippen molar-refractivity contribution >= 4 is 0 Å². The summed E-state index contributed by atoms with van der Waals surface area (Å²) >= 11 is 0. The maximum atomic E-state index is 9.64. The molecule has 0 aliphatic carbocycles. The van der Waals surface area contributed by atoms with E-state index in [0.717, 1.165) is 26.1 Å². The van der Waals surface area contributed by atoms with Crippen LogP contribution in [0.3, 0.4) is 0 Å². The molecular weight excluding hydrogens is 226 g/mol. The molecule has 0 amide bonds. The topological polar surface area (TPSA) is 43.7 Å². The third-order valence-corrected chi connectivity index (χ3v) is 4.49. The third kappa shape index (κ3) is 2.52. The molecule has 2 rings (SSSR count). The zero-order chi connectivity index (χ0) is 13.2. The van der Waals surface area contributed by atoms with Crippen LogP contribution in [0.5, 0.6) is 5.75 Å². The first-order chi connectivity index (χ1) is 8.56. The predicted octanol–water partition coefficient (Wildman–Crippen LogP) is 1.98. The van der Waals surface area contributed by atoms with Crippen LogP contribution >= 0.6 is 0 Å². The Bertz CT molecular complexity index is 407. The molecule has 0 unspecified atom stereocenters. The molecule has 1 aliphatic rings. The normalized spacial score (nSPS) is 29.4. The molecule has 0 spiro atoms. The highest BCUT2D eigenvalue weighted by atomic mass is 16.3. The quantitative estimate of drug-likeness (QED) is 0.861. The number of nitrogens with zero attached hydrogens (tertiary/aromatic N) is 1. The van der Waals surface area contributed by atoms with Crippen molar-refractivity contribution in [3.05, 3.63) is 29.8 Å². The summed E-state index contributed by atoms with van der Waals surface area (Å²) < 4.78 is 0. The van der Waals surface area contributed by atoms with E-state index in [1.807, 2.05) is 12.1 Å². The molecule has 0 saturated carbocycles. The van der Waals surface area contributed by atoms with E-state index in [1.54, 1.807) is 6.07 Å². The zero-order valence-electron chi connectivity index (χ0n) is 11.3. The fourth-order valence-corrected chi connectivity index (χ4v) is 2.95. The molecule has 1 aromatic carbocycles. The van der Waals surface area contributed by atoms with Crippen molar-refractivity contribution in [2.45, 2.75) is 25.7 Å². The Labute approximate surface area is 109 Å². The molecule has 0 radical (unpaired) electrons. The van der Waals surface area contributed by atoms with Gasteiger partial charge in [0.25, 0.3) is 0 Å². The van der Waals surface area contributed by atoms with Gasteiger partial charge in [-0.05, 0) is 42.0 Å². The van der Waals surface area contributed by atoms with Crippen molar-refractivity contribution in [1.29, 1.82) is 0 Å². The van der Waals surface area contributed by atoms with Gasteiger partial charge in [0.15, 0.2) is 0 Å². The molecule has 100 valence electrons. The van der Waals surface area contributed by atoms with Gasteiger partial charge in [-0.3, -0.25) is 0 Å². The van der Waals surface area contributed by atoms with Crippen LogP contribution in [0.15, 0.2) is 24.3 Å². The van der Waals surface area contributed by atoms with Crippen LogP contribution in [0.4, 0.5) is 0 Å². The second-order valence-corrected chi connectivity index (χ2v) is 5.64. The largest absolute Gasteiger partial charge is 0.508 e. The SMILES string of the molecule is C[C@H]1CN(CCO)CC[C@@]1(C)c1cccc(O)c1. The number of likely N-dealkylation sites (tertiary alicyclic amines) is 1. The molecule has 2 atom stereocenters. The van der Waals surface area contributed by atoms with Crippen molar-refractivity contribution in [3.8, 4) is 5.75 Å². The Morgan fingerprint density at radius 2 is 2.22 bits per heavy atom. The van der Waals surface area contributed by atoms with Crippen molar-refractivity contribution in [3.63, 3.8) is 0 Å². The van der Waals surface area contributed by atoms with E-state index < -0.39 is 0 Å². The first-order valence-electron chi connectivity index (χ1n) is 6.69. The minimum atomic E-state index is 0.116. The van der Waals surface area contributed by atoms with Crippen molar-refractivity contribution in [2.75, 3.05) is 26.2 Å². The predicted molar refractivity (Wildman–Crippen MR) is 72.8 cm³/mol. The number of piperidine rings is 1. The number of hydrogen-bond acceptors (Lipinski definition) is 3. The molecule has 3 heteroatoms. The van der Waals surface area contributed by atoms with E-state index in [9.17, 15) is 5.11 Å². The molecule has 0 bridgehead atoms. The van der Waals surface area contributed by atoms with Gasteiger partial charge in [-0.15, -0.1) is 0 Å². The molecule has 1 fully saturated rings. The fourth-order valence-electron chi connectivity index (χ4n) is 2.95. The molecule has 2 N–H and O–H groups in total. The number of phenolic OH excluding ortho intramolecular Hbond substituents is 1. The fraction of sp³-hybridized carbons (Fsp3) is 0.600. The minimum absolute atomic E-state index is 0.116. The summed E-state index contributed by atoms with van der Waals surface area (Å²) in [5, 5.41) is 18.7. The van der Waals surface area contributed by atoms with Crippen LogP contribution in [0, 0.1) is 5.92 Å². The lowest BCUT2D eigenvalue weighted by Gasteiger charge is -2.45. The van der Waals surface area contributed by atoms with E-state index in [4.69, 9.17) is 5.11 Å². The standard InChI is InChI=1S/C15H23NO2/c1-12-11-16(8-9-17)7-6-15(12,2)13-4-3-5-14(18)10-13/h3-5,10,12,17-18H,6-9,11H2,1-2H3/t12-,15+/m0/s1. The molecule has 18 heavy (non-hydrogen) atoms. The van der Waals surface area contributed by atoms with Crippen LogP contribution < -0.4 is 0 Å². The van der Waals surface area contributed by atoms with E-state index in [2.05, 4.69) is 24.8 Å². The van der Waals surface area contributed by atoms with Gasteiger partial charge in [0.05, 0.1) is 6.61 Å². The van der Waals surface area contributed by atoms with Crippen molar-refractivity contribution < 1.29 is 10.2 Å². The van der Waals surface area contributed by atoms with Gasteiger partial charge < -0.3 is 15.1 Å².